The van der Waals surface area contributed by atoms with Crippen LogP contribution in [-0.4, -0.2) is 40.9 Å². The van der Waals surface area contributed by atoms with Gasteiger partial charge in [-0.05, 0) is 48.9 Å². The van der Waals surface area contributed by atoms with Crippen LogP contribution in [0.4, 0.5) is 5.69 Å². The van der Waals surface area contributed by atoms with Crippen LogP contribution in [-0.2, 0) is 4.74 Å². The largest absolute Gasteiger partial charge is 0.378 e. The minimum atomic E-state index is 0.681. The van der Waals surface area contributed by atoms with E-state index in [0.717, 1.165) is 48.6 Å². The number of aromatic nitrogens is 3. The summed E-state index contributed by atoms with van der Waals surface area (Å²) in [5.74, 6) is 0.681. The van der Waals surface area contributed by atoms with Crippen molar-refractivity contribution in [2.75, 3.05) is 31.2 Å². The Kier molecular flexibility index (Phi) is 3.48. The van der Waals surface area contributed by atoms with E-state index in [1.807, 2.05) is 4.52 Å². The summed E-state index contributed by atoms with van der Waals surface area (Å²) in [5, 5.41) is 4.41. The van der Waals surface area contributed by atoms with Crippen molar-refractivity contribution in [2.24, 2.45) is 0 Å². The van der Waals surface area contributed by atoms with E-state index < -0.39 is 0 Å². The van der Waals surface area contributed by atoms with Crippen molar-refractivity contribution >= 4 is 11.2 Å². The average Bonchev–Trinajstić information content (AvgIpc) is 3.40. The van der Waals surface area contributed by atoms with Gasteiger partial charge in [-0.1, -0.05) is 12.1 Å². The molecule has 0 atom stereocenters. The van der Waals surface area contributed by atoms with Crippen molar-refractivity contribution in [1.29, 1.82) is 0 Å². The predicted molar refractivity (Wildman–Crippen MR) is 97.9 cm³/mol. The monoisotopic (exact) mass is 333 g/mol. The Labute approximate surface area is 147 Å². The lowest BCUT2D eigenvalue weighted by atomic mass is 9.99. The van der Waals surface area contributed by atoms with Gasteiger partial charge in [-0.3, -0.25) is 0 Å². The maximum absolute atomic E-state index is 5.46. The van der Waals surface area contributed by atoms with E-state index in [2.05, 4.69) is 52.4 Å². The van der Waals surface area contributed by atoms with Crippen molar-refractivity contribution in [1.82, 2.24) is 14.6 Å². The molecule has 3 aromatic rings. The molecular weight excluding hydrogens is 312 g/mol. The van der Waals surface area contributed by atoms with E-state index in [4.69, 9.17) is 4.74 Å². The molecular formula is C20H21N4O. The van der Waals surface area contributed by atoms with Gasteiger partial charge in [0.15, 0.2) is 0 Å². The van der Waals surface area contributed by atoms with Gasteiger partial charge >= 0.3 is 0 Å². The number of rotatable bonds is 3. The Morgan fingerprint density at radius 3 is 2.76 bits per heavy atom. The van der Waals surface area contributed by atoms with Crippen molar-refractivity contribution in [3.63, 3.8) is 0 Å². The molecule has 25 heavy (non-hydrogen) atoms. The van der Waals surface area contributed by atoms with Crippen molar-refractivity contribution < 1.29 is 4.74 Å². The van der Waals surface area contributed by atoms with Crippen LogP contribution in [0.1, 0.15) is 29.9 Å². The first-order valence-corrected chi connectivity index (χ1v) is 8.92. The second-order valence-electron chi connectivity index (χ2n) is 6.92. The summed E-state index contributed by atoms with van der Waals surface area (Å²) in [6, 6.07) is 8.70. The first-order chi connectivity index (χ1) is 12.3. The van der Waals surface area contributed by atoms with Crippen LogP contribution >= 0.6 is 0 Å². The highest BCUT2D eigenvalue weighted by atomic mass is 16.5. The molecule has 5 heteroatoms. The highest BCUT2D eigenvalue weighted by molar-refractivity contribution is 5.80. The highest BCUT2D eigenvalue weighted by Crippen LogP contribution is 2.43. The van der Waals surface area contributed by atoms with Gasteiger partial charge in [0, 0.05) is 18.7 Å². The van der Waals surface area contributed by atoms with Crippen LogP contribution in [0.2, 0.25) is 0 Å². The topological polar surface area (TPSA) is 42.7 Å². The lowest BCUT2D eigenvalue weighted by molar-refractivity contribution is 0.122. The van der Waals surface area contributed by atoms with Crippen LogP contribution < -0.4 is 4.90 Å². The fraction of sp³-hybridized carbons (Fsp3) is 0.350. The molecule has 1 radical (unpaired) electrons. The molecule has 0 spiro atoms. The maximum atomic E-state index is 5.46. The lowest BCUT2D eigenvalue weighted by Crippen LogP contribution is -2.35. The summed E-state index contributed by atoms with van der Waals surface area (Å²) in [4.78, 5) is 6.93. The van der Waals surface area contributed by atoms with E-state index >= 15 is 0 Å². The molecule has 5 rings (SSSR count). The number of anilines is 1. The number of fused-ring (bicyclic) bond motifs is 1. The Balaban J connectivity index is 1.59. The fourth-order valence-electron chi connectivity index (χ4n) is 3.65. The standard InChI is InChI=1S/C20H21N4O/c1-14-2-3-16(10-18(14)15-4-5-15)20-19-11-17(12-24(19)22-13-21-20)23-6-8-25-9-7-23/h2-3,10-13,15H,1,4-9H2. The zero-order chi connectivity index (χ0) is 16.8. The van der Waals surface area contributed by atoms with E-state index in [1.165, 1.54) is 24.1 Å². The molecule has 3 heterocycles. The summed E-state index contributed by atoms with van der Waals surface area (Å²) >= 11 is 0. The zero-order valence-electron chi connectivity index (χ0n) is 14.2. The van der Waals surface area contributed by atoms with Crippen LogP contribution in [0, 0.1) is 6.92 Å². The SMILES string of the molecule is [CH2]c1ccc(-c2ncnn3cc(N4CCOCC4)cc23)cc1C1CC1. The lowest BCUT2D eigenvalue weighted by Gasteiger charge is -2.27. The third-order valence-electron chi connectivity index (χ3n) is 5.20. The number of hydrogen-bond acceptors (Lipinski definition) is 4. The van der Waals surface area contributed by atoms with Gasteiger partial charge in [0.05, 0.1) is 36.3 Å². The second kappa shape index (κ2) is 5.85. The quantitative estimate of drug-likeness (QED) is 0.738. The molecule has 1 aromatic carbocycles. The summed E-state index contributed by atoms with van der Waals surface area (Å²) < 4.78 is 7.39. The Bertz CT molecular complexity index is 923. The summed E-state index contributed by atoms with van der Waals surface area (Å²) in [5.41, 5.74) is 6.86. The number of ether oxygens (including phenoxy) is 1. The molecule has 1 saturated heterocycles. The van der Waals surface area contributed by atoms with E-state index in [0.29, 0.717) is 5.92 Å². The third kappa shape index (κ3) is 2.68. The van der Waals surface area contributed by atoms with Crippen molar-refractivity contribution in [3.8, 4) is 11.3 Å². The molecule has 1 saturated carbocycles. The molecule has 0 N–H and O–H groups in total. The van der Waals surface area contributed by atoms with Crippen LogP contribution in [0.25, 0.3) is 16.8 Å². The van der Waals surface area contributed by atoms with Gasteiger partial charge in [0.25, 0.3) is 0 Å². The van der Waals surface area contributed by atoms with Crippen LogP contribution in [0.5, 0.6) is 0 Å². The van der Waals surface area contributed by atoms with Crippen LogP contribution in [0.15, 0.2) is 36.8 Å². The summed E-state index contributed by atoms with van der Waals surface area (Å²) in [6.07, 6.45) is 6.28. The Hall–Kier alpha value is -2.40. The molecule has 1 aliphatic heterocycles. The van der Waals surface area contributed by atoms with Gasteiger partial charge in [-0.25, -0.2) is 9.50 Å². The smallest absolute Gasteiger partial charge is 0.137 e. The number of nitrogens with zero attached hydrogens (tertiary/aromatic N) is 4. The second-order valence-corrected chi connectivity index (χ2v) is 6.92. The number of hydrogen-bond donors (Lipinski definition) is 0. The Morgan fingerprint density at radius 2 is 1.96 bits per heavy atom. The molecule has 127 valence electrons. The first-order valence-electron chi connectivity index (χ1n) is 8.92. The number of morpholine rings is 1. The minimum Gasteiger partial charge on any atom is -0.378 e. The molecule has 2 aliphatic rings. The van der Waals surface area contributed by atoms with E-state index in [1.54, 1.807) is 6.33 Å². The van der Waals surface area contributed by atoms with Gasteiger partial charge in [0.2, 0.25) is 0 Å². The van der Waals surface area contributed by atoms with Crippen molar-refractivity contribution in [3.05, 3.63) is 54.8 Å². The van der Waals surface area contributed by atoms with Gasteiger partial charge < -0.3 is 9.64 Å². The van der Waals surface area contributed by atoms with E-state index in [9.17, 15) is 0 Å². The molecule has 0 amide bonds. The maximum Gasteiger partial charge on any atom is 0.137 e. The van der Waals surface area contributed by atoms with Gasteiger partial charge in [-0.15, -0.1) is 0 Å². The molecule has 1 aliphatic carbocycles. The average molecular weight is 333 g/mol. The molecule has 2 aromatic heterocycles. The fourth-order valence-corrected chi connectivity index (χ4v) is 3.65. The summed E-state index contributed by atoms with van der Waals surface area (Å²) in [6.45, 7) is 7.58. The minimum absolute atomic E-state index is 0.681. The van der Waals surface area contributed by atoms with Gasteiger partial charge in [0.1, 0.15) is 6.33 Å². The van der Waals surface area contributed by atoms with E-state index in [-0.39, 0.29) is 0 Å². The summed E-state index contributed by atoms with van der Waals surface area (Å²) in [7, 11) is 0. The molecule has 5 nitrogen and oxygen atoms in total. The molecule has 0 unspecified atom stereocenters. The predicted octanol–water partition coefficient (Wildman–Crippen LogP) is 3.29. The molecule has 2 fully saturated rings. The Morgan fingerprint density at radius 1 is 1.12 bits per heavy atom. The van der Waals surface area contributed by atoms with Crippen molar-refractivity contribution in [2.45, 2.75) is 18.8 Å². The first kappa shape index (κ1) is 14.9. The van der Waals surface area contributed by atoms with Gasteiger partial charge in [-0.2, -0.15) is 5.10 Å². The highest BCUT2D eigenvalue weighted by Gasteiger charge is 2.25. The normalized spacial score (nSPS) is 18.0. The zero-order valence-corrected chi connectivity index (χ0v) is 14.2. The third-order valence-corrected chi connectivity index (χ3v) is 5.20. The molecule has 0 bridgehead atoms. The number of benzene rings is 1. The van der Waals surface area contributed by atoms with Crippen LogP contribution in [0.3, 0.4) is 0 Å².